The standard InChI is InChI=1S/C14H12BrN3/c1-9-4-11(15)7-13(5-9)18-12-2-3-14(17)10(6-12)8-16/h2-7,18H,17H2,1H3. The molecule has 0 heterocycles. The van der Waals surface area contributed by atoms with Crippen LogP contribution in [0.1, 0.15) is 11.1 Å². The summed E-state index contributed by atoms with van der Waals surface area (Å²) >= 11 is 3.45. The summed E-state index contributed by atoms with van der Waals surface area (Å²) in [5.41, 5.74) is 9.63. The molecule has 0 spiro atoms. The van der Waals surface area contributed by atoms with Crippen LogP contribution in [-0.4, -0.2) is 0 Å². The summed E-state index contributed by atoms with van der Waals surface area (Å²) in [5.74, 6) is 0. The van der Waals surface area contributed by atoms with Crippen LogP contribution in [0.15, 0.2) is 40.9 Å². The van der Waals surface area contributed by atoms with E-state index in [-0.39, 0.29) is 0 Å². The average molecular weight is 302 g/mol. The van der Waals surface area contributed by atoms with Crippen molar-refractivity contribution in [3.05, 3.63) is 52.0 Å². The maximum Gasteiger partial charge on any atom is 0.101 e. The van der Waals surface area contributed by atoms with Gasteiger partial charge < -0.3 is 11.1 Å². The Morgan fingerprint density at radius 1 is 1.17 bits per heavy atom. The number of nitrogens with zero attached hydrogens (tertiary/aromatic N) is 1. The minimum atomic E-state index is 0.478. The third kappa shape index (κ3) is 2.82. The first-order valence-electron chi connectivity index (χ1n) is 5.42. The van der Waals surface area contributed by atoms with E-state index in [1.165, 1.54) is 0 Å². The molecule has 2 aromatic carbocycles. The van der Waals surface area contributed by atoms with E-state index in [1.54, 1.807) is 12.1 Å². The van der Waals surface area contributed by atoms with Gasteiger partial charge in [0.05, 0.1) is 5.56 Å². The third-order valence-corrected chi connectivity index (χ3v) is 2.96. The molecule has 0 saturated heterocycles. The van der Waals surface area contributed by atoms with Gasteiger partial charge in [-0.05, 0) is 48.9 Å². The van der Waals surface area contributed by atoms with Gasteiger partial charge >= 0.3 is 0 Å². The number of aryl methyl sites for hydroxylation is 1. The Bertz CT molecular complexity index is 609. The highest BCUT2D eigenvalue weighted by atomic mass is 79.9. The SMILES string of the molecule is Cc1cc(Br)cc(Nc2ccc(N)c(C#N)c2)c1. The molecule has 0 aromatic heterocycles. The van der Waals surface area contributed by atoms with Crippen LogP contribution in [0.4, 0.5) is 17.1 Å². The fourth-order valence-corrected chi connectivity index (χ4v) is 2.31. The van der Waals surface area contributed by atoms with Crippen molar-refractivity contribution in [3.63, 3.8) is 0 Å². The highest BCUT2D eigenvalue weighted by Gasteiger charge is 2.02. The van der Waals surface area contributed by atoms with Crippen LogP contribution in [0.25, 0.3) is 0 Å². The Balaban J connectivity index is 2.31. The topological polar surface area (TPSA) is 61.8 Å². The number of rotatable bonds is 2. The van der Waals surface area contributed by atoms with Crippen molar-refractivity contribution in [2.75, 3.05) is 11.1 Å². The number of hydrogen-bond donors (Lipinski definition) is 2. The summed E-state index contributed by atoms with van der Waals surface area (Å²) < 4.78 is 1.01. The van der Waals surface area contributed by atoms with Crippen molar-refractivity contribution in [2.45, 2.75) is 6.92 Å². The predicted molar refractivity (Wildman–Crippen MR) is 77.7 cm³/mol. The van der Waals surface area contributed by atoms with E-state index in [4.69, 9.17) is 11.0 Å². The lowest BCUT2D eigenvalue weighted by Gasteiger charge is -2.09. The van der Waals surface area contributed by atoms with Gasteiger partial charge in [-0.1, -0.05) is 15.9 Å². The van der Waals surface area contributed by atoms with E-state index in [0.717, 1.165) is 21.4 Å². The van der Waals surface area contributed by atoms with Gasteiger partial charge in [0, 0.05) is 21.5 Å². The normalized spacial score (nSPS) is 9.83. The molecule has 90 valence electrons. The number of nitrogen functional groups attached to an aromatic ring is 1. The zero-order chi connectivity index (χ0) is 13.1. The Morgan fingerprint density at radius 2 is 1.94 bits per heavy atom. The zero-order valence-corrected chi connectivity index (χ0v) is 11.5. The number of benzene rings is 2. The predicted octanol–water partition coefficient (Wildman–Crippen LogP) is 3.96. The number of anilines is 3. The van der Waals surface area contributed by atoms with Gasteiger partial charge in [-0.15, -0.1) is 0 Å². The molecule has 2 rings (SSSR count). The second kappa shape index (κ2) is 5.11. The molecule has 4 heteroatoms. The first-order valence-corrected chi connectivity index (χ1v) is 6.21. The van der Waals surface area contributed by atoms with Crippen molar-refractivity contribution in [3.8, 4) is 6.07 Å². The molecule has 3 nitrogen and oxygen atoms in total. The van der Waals surface area contributed by atoms with Crippen molar-refractivity contribution >= 4 is 33.0 Å². The van der Waals surface area contributed by atoms with Crippen LogP contribution in [0, 0.1) is 18.3 Å². The zero-order valence-electron chi connectivity index (χ0n) is 9.87. The summed E-state index contributed by atoms with van der Waals surface area (Å²) in [6.07, 6.45) is 0. The quantitative estimate of drug-likeness (QED) is 0.826. The van der Waals surface area contributed by atoms with Gasteiger partial charge in [0.2, 0.25) is 0 Å². The largest absolute Gasteiger partial charge is 0.398 e. The van der Waals surface area contributed by atoms with Crippen molar-refractivity contribution in [1.82, 2.24) is 0 Å². The van der Waals surface area contributed by atoms with E-state index in [1.807, 2.05) is 31.2 Å². The summed E-state index contributed by atoms with van der Waals surface area (Å²) in [5, 5.41) is 12.2. The summed E-state index contributed by atoms with van der Waals surface area (Å²) in [6.45, 7) is 2.03. The fraction of sp³-hybridized carbons (Fsp3) is 0.0714. The molecule has 0 aliphatic rings. The van der Waals surface area contributed by atoms with Gasteiger partial charge in [0.15, 0.2) is 0 Å². The molecule has 0 bridgehead atoms. The molecule has 2 aromatic rings. The van der Waals surface area contributed by atoms with Crippen molar-refractivity contribution in [2.24, 2.45) is 0 Å². The van der Waals surface area contributed by atoms with Crippen LogP contribution in [0.2, 0.25) is 0 Å². The molecule has 0 aliphatic heterocycles. The molecular formula is C14H12BrN3. The fourth-order valence-electron chi connectivity index (χ4n) is 1.71. The van der Waals surface area contributed by atoms with Gasteiger partial charge in [-0.3, -0.25) is 0 Å². The maximum atomic E-state index is 8.93. The molecule has 0 radical (unpaired) electrons. The van der Waals surface area contributed by atoms with E-state index >= 15 is 0 Å². The second-order valence-corrected chi connectivity index (χ2v) is 4.97. The highest BCUT2D eigenvalue weighted by Crippen LogP contribution is 2.24. The highest BCUT2D eigenvalue weighted by molar-refractivity contribution is 9.10. The first-order chi connectivity index (χ1) is 8.58. The molecule has 3 N–H and O–H groups in total. The maximum absolute atomic E-state index is 8.93. The lowest BCUT2D eigenvalue weighted by atomic mass is 10.1. The molecular weight excluding hydrogens is 290 g/mol. The van der Waals surface area contributed by atoms with Gasteiger partial charge in [-0.2, -0.15) is 5.26 Å². The minimum absolute atomic E-state index is 0.478. The van der Waals surface area contributed by atoms with Crippen molar-refractivity contribution < 1.29 is 0 Å². The number of nitrogens with one attached hydrogen (secondary N) is 1. The molecule has 0 fully saturated rings. The first kappa shape index (κ1) is 12.5. The Kier molecular flexibility index (Phi) is 3.54. The Labute approximate surface area is 114 Å². The summed E-state index contributed by atoms with van der Waals surface area (Å²) in [7, 11) is 0. The van der Waals surface area contributed by atoms with Crippen LogP contribution in [0.5, 0.6) is 0 Å². The van der Waals surface area contributed by atoms with Crippen LogP contribution >= 0.6 is 15.9 Å². The monoisotopic (exact) mass is 301 g/mol. The molecule has 0 atom stereocenters. The number of nitriles is 1. The van der Waals surface area contributed by atoms with Gasteiger partial charge in [0.25, 0.3) is 0 Å². The van der Waals surface area contributed by atoms with Gasteiger partial charge in [0.1, 0.15) is 6.07 Å². The minimum Gasteiger partial charge on any atom is -0.398 e. The van der Waals surface area contributed by atoms with Gasteiger partial charge in [-0.25, -0.2) is 0 Å². The lowest BCUT2D eigenvalue weighted by Crippen LogP contribution is -1.95. The smallest absolute Gasteiger partial charge is 0.101 e. The Hall–Kier alpha value is -1.99. The molecule has 18 heavy (non-hydrogen) atoms. The molecule has 0 saturated carbocycles. The number of hydrogen-bond acceptors (Lipinski definition) is 3. The van der Waals surface area contributed by atoms with Crippen LogP contribution < -0.4 is 11.1 Å². The van der Waals surface area contributed by atoms with Crippen molar-refractivity contribution in [1.29, 1.82) is 5.26 Å². The van der Waals surface area contributed by atoms with E-state index < -0.39 is 0 Å². The number of nitrogens with two attached hydrogens (primary N) is 1. The number of halogens is 1. The summed E-state index contributed by atoms with van der Waals surface area (Å²) in [6, 6.07) is 13.4. The third-order valence-electron chi connectivity index (χ3n) is 2.50. The second-order valence-electron chi connectivity index (χ2n) is 4.06. The summed E-state index contributed by atoms with van der Waals surface area (Å²) in [4.78, 5) is 0. The lowest BCUT2D eigenvalue weighted by molar-refractivity contribution is 1.42. The van der Waals surface area contributed by atoms with E-state index in [9.17, 15) is 0 Å². The molecule has 0 aliphatic carbocycles. The van der Waals surface area contributed by atoms with E-state index in [2.05, 4.69) is 27.3 Å². The van der Waals surface area contributed by atoms with Crippen LogP contribution in [0.3, 0.4) is 0 Å². The average Bonchev–Trinajstić information content (AvgIpc) is 2.30. The molecule has 0 amide bonds. The Morgan fingerprint density at radius 3 is 2.61 bits per heavy atom. The van der Waals surface area contributed by atoms with E-state index in [0.29, 0.717) is 11.3 Å². The molecule has 0 unspecified atom stereocenters. The van der Waals surface area contributed by atoms with Crippen LogP contribution in [-0.2, 0) is 0 Å².